The highest BCUT2D eigenvalue weighted by atomic mass is 16.5. The molecule has 1 aromatic carbocycles. The van der Waals surface area contributed by atoms with Gasteiger partial charge < -0.3 is 24.6 Å². The summed E-state index contributed by atoms with van der Waals surface area (Å²) >= 11 is 0. The van der Waals surface area contributed by atoms with E-state index in [2.05, 4.69) is 45.3 Å². The number of benzene rings is 1. The molecule has 0 spiro atoms. The second kappa shape index (κ2) is 9.90. The van der Waals surface area contributed by atoms with Gasteiger partial charge in [0, 0.05) is 63.3 Å². The zero-order chi connectivity index (χ0) is 23.5. The average Bonchev–Trinajstić information content (AvgIpc) is 2.87. The molecule has 178 valence electrons. The Hall–Kier alpha value is -3.30. The summed E-state index contributed by atoms with van der Waals surface area (Å²) in [4.78, 5) is 29.7. The largest absolute Gasteiger partial charge is 0.473 e. The first kappa shape index (κ1) is 22.5. The van der Waals surface area contributed by atoms with Gasteiger partial charge in [-0.25, -0.2) is 9.97 Å². The van der Waals surface area contributed by atoms with E-state index in [9.17, 15) is 4.79 Å². The van der Waals surface area contributed by atoms with Crippen LogP contribution in [0.5, 0.6) is 5.88 Å². The van der Waals surface area contributed by atoms with Crippen LogP contribution >= 0.6 is 0 Å². The van der Waals surface area contributed by atoms with Crippen molar-refractivity contribution in [2.45, 2.75) is 20.0 Å². The van der Waals surface area contributed by atoms with Gasteiger partial charge in [0.15, 0.2) is 5.52 Å². The zero-order valence-corrected chi connectivity index (χ0v) is 19.7. The van der Waals surface area contributed by atoms with Gasteiger partial charge in [0.25, 0.3) is 0 Å². The molecule has 5 rings (SSSR count). The topological polar surface area (TPSA) is 92.7 Å². The lowest BCUT2D eigenvalue weighted by Crippen LogP contribution is -2.46. The molecular formula is C25H30N6O3. The number of amides is 1. The summed E-state index contributed by atoms with van der Waals surface area (Å²) in [5.41, 5.74) is 5.59. The lowest BCUT2D eigenvalue weighted by Gasteiger charge is -2.32. The van der Waals surface area contributed by atoms with Crippen molar-refractivity contribution in [3.8, 4) is 17.1 Å². The molecule has 2 aliphatic heterocycles. The molecule has 1 atom stereocenters. The first-order valence-corrected chi connectivity index (χ1v) is 11.8. The van der Waals surface area contributed by atoms with Gasteiger partial charge in [0.2, 0.25) is 11.8 Å². The van der Waals surface area contributed by atoms with Crippen molar-refractivity contribution in [2.75, 3.05) is 57.4 Å². The number of nitrogens with zero attached hydrogens (tertiary/aromatic N) is 5. The lowest BCUT2D eigenvalue weighted by molar-refractivity contribution is -0.137. The highest BCUT2D eigenvalue weighted by Gasteiger charge is 2.23. The second-order valence-corrected chi connectivity index (χ2v) is 8.74. The fraction of sp³-hybridized carbons (Fsp3) is 0.440. The maximum Gasteiger partial charge on any atom is 0.242 e. The number of fused-ring (bicyclic) bond motifs is 1. The molecule has 2 fully saturated rings. The Bertz CT molecular complexity index is 1180. The SMILES string of the molecule is CC(=O)N1CCOC(COc2nc(-c3ccc(N4CCNCC4)c(C)c3)cc3nccnc23)C1. The molecule has 3 aromatic rings. The maximum atomic E-state index is 11.7. The van der Waals surface area contributed by atoms with Gasteiger partial charge >= 0.3 is 0 Å². The summed E-state index contributed by atoms with van der Waals surface area (Å²) in [6, 6.07) is 8.39. The number of pyridine rings is 1. The quantitative estimate of drug-likeness (QED) is 0.616. The first-order valence-electron chi connectivity index (χ1n) is 11.8. The fourth-order valence-electron chi connectivity index (χ4n) is 4.55. The second-order valence-electron chi connectivity index (χ2n) is 8.74. The number of morpholine rings is 1. The summed E-state index contributed by atoms with van der Waals surface area (Å²) in [7, 11) is 0. The van der Waals surface area contributed by atoms with E-state index in [1.54, 1.807) is 24.2 Å². The standard InChI is InChI=1S/C25H30N6O3/c1-17-13-19(3-4-23(17)30-9-7-26-8-10-30)21-14-22-24(28-6-5-27-22)25(29-21)34-16-20-15-31(18(2)32)11-12-33-20/h3-6,13-14,20,26H,7-12,15-16H2,1-2H3. The third-order valence-corrected chi connectivity index (χ3v) is 6.36. The van der Waals surface area contributed by atoms with Crippen molar-refractivity contribution in [1.82, 2.24) is 25.2 Å². The van der Waals surface area contributed by atoms with Gasteiger partial charge in [-0.05, 0) is 30.7 Å². The number of hydrogen-bond acceptors (Lipinski definition) is 8. The molecule has 1 amide bonds. The molecule has 0 radical (unpaired) electrons. The molecule has 1 N–H and O–H groups in total. The van der Waals surface area contributed by atoms with E-state index >= 15 is 0 Å². The van der Waals surface area contributed by atoms with E-state index in [1.165, 1.54) is 11.3 Å². The molecule has 1 unspecified atom stereocenters. The van der Waals surface area contributed by atoms with Gasteiger partial charge in [-0.1, -0.05) is 6.07 Å². The molecule has 2 saturated heterocycles. The molecule has 2 aromatic heterocycles. The molecule has 34 heavy (non-hydrogen) atoms. The average molecular weight is 463 g/mol. The third kappa shape index (κ3) is 4.80. The summed E-state index contributed by atoms with van der Waals surface area (Å²) in [6.07, 6.45) is 3.09. The van der Waals surface area contributed by atoms with Gasteiger partial charge in [-0.2, -0.15) is 0 Å². The number of carbonyl (C=O) groups is 1. The molecular weight excluding hydrogens is 432 g/mol. The van der Waals surface area contributed by atoms with Crippen LogP contribution in [0.3, 0.4) is 0 Å². The van der Waals surface area contributed by atoms with Crippen molar-refractivity contribution in [3.05, 3.63) is 42.2 Å². The molecule has 9 nitrogen and oxygen atoms in total. The minimum Gasteiger partial charge on any atom is -0.473 e. The summed E-state index contributed by atoms with van der Waals surface area (Å²) in [6.45, 7) is 9.63. The van der Waals surface area contributed by atoms with Crippen molar-refractivity contribution >= 4 is 22.6 Å². The first-order chi connectivity index (χ1) is 16.6. The Labute approximate surface area is 199 Å². The van der Waals surface area contributed by atoms with E-state index in [0.29, 0.717) is 31.1 Å². The highest BCUT2D eigenvalue weighted by molar-refractivity contribution is 5.83. The Morgan fingerprint density at radius 3 is 2.79 bits per heavy atom. The van der Waals surface area contributed by atoms with Crippen LogP contribution in [0.25, 0.3) is 22.3 Å². The van der Waals surface area contributed by atoms with Gasteiger partial charge in [0.05, 0.1) is 24.4 Å². The van der Waals surface area contributed by atoms with Crippen LogP contribution in [0.15, 0.2) is 36.7 Å². The minimum atomic E-state index is -0.213. The number of piperazine rings is 1. The van der Waals surface area contributed by atoms with Crippen LogP contribution in [0.4, 0.5) is 5.69 Å². The highest BCUT2D eigenvalue weighted by Crippen LogP contribution is 2.30. The minimum absolute atomic E-state index is 0.0457. The molecule has 0 bridgehead atoms. The van der Waals surface area contributed by atoms with Crippen LogP contribution in [0.2, 0.25) is 0 Å². The van der Waals surface area contributed by atoms with Gasteiger partial charge in [-0.15, -0.1) is 0 Å². The maximum absolute atomic E-state index is 11.7. The number of ether oxygens (including phenoxy) is 2. The zero-order valence-electron chi connectivity index (χ0n) is 19.7. The number of anilines is 1. The normalized spacial score (nSPS) is 18.8. The van der Waals surface area contributed by atoms with Gasteiger partial charge in [-0.3, -0.25) is 9.78 Å². The van der Waals surface area contributed by atoms with Crippen LogP contribution in [-0.4, -0.2) is 84.3 Å². The predicted molar refractivity (Wildman–Crippen MR) is 130 cm³/mol. The number of hydrogen-bond donors (Lipinski definition) is 1. The van der Waals surface area contributed by atoms with E-state index in [1.807, 2.05) is 6.07 Å². The number of rotatable bonds is 5. The number of aryl methyl sites for hydroxylation is 1. The van der Waals surface area contributed by atoms with Crippen molar-refractivity contribution < 1.29 is 14.3 Å². The molecule has 2 aliphatic rings. The van der Waals surface area contributed by atoms with Crippen molar-refractivity contribution in [3.63, 3.8) is 0 Å². The molecule has 0 saturated carbocycles. The predicted octanol–water partition coefficient (Wildman–Crippen LogP) is 2.04. The Balaban J connectivity index is 1.40. The number of aromatic nitrogens is 3. The number of carbonyl (C=O) groups excluding carboxylic acids is 1. The Morgan fingerprint density at radius 1 is 1.18 bits per heavy atom. The van der Waals surface area contributed by atoms with E-state index < -0.39 is 0 Å². The summed E-state index contributed by atoms with van der Waals surface area (Å²) < 4.78 is 11.9. The summed E-state index contributed by atoms with van der Waals surface area (Å²) in [5, 5.41) is 3.40. The van der Waals surface area contributed by atoms with E-state index in [4.69, 9.17) is 14.5 Å². The summed E-state index contributed by atoms with van der Waals surface area (Å²) in [5.74, 6) is 0.470. The third-order valence-electron chi connectivity index (χ3n) is 6.36. The number of nitrogens with one attached hydrogen (secondary N) is 1. The lowest BCUT2D eigenvalue weighted by atomic mass is 10.0. The van der Waals surface area contributed by atoms with Crippen LogP contribution in [0, 0.1) is 6.92 Å². The van der Waals surface area contributed by atoms with Crippen molar-refractivity contribution in [1.29, 1.82) is 0 Å². The van der Waals surface area contributed by atoms with Crippen molar-refractivity contribution in [2.24, 2.45) is 0 Å². The Kier molecular flexibility index (Phi) is 6.55. The van der Waals surface area contributed by atoms with Gasteiger partial charge in [0.1, 0.15) is 12.7 Å². The van der Waals surface area contributed by atoms with Crippen LogP contribution in [-0.2, 0) is 9.53 Å². The van der Waals surface area contributed by atoms with E-state index in [-0.39, 0.29) is 18.6 Å². The van der Waals surface area contributed by atoms with Crippen LogP contribution in [0.1, 0.15) is 12.5 Å². The smallest absolute Gasteiger partial charge is 0.242 e. The van der Waals surface area contributed by atoms with Crippen LogP contribution < -0.4 is 15.0 Å². The Morgan fingerprint density at radius 2 is 2.00 bits per heavy atom. The van der Waals surface area contributed by atoms with E-state index in [0.717, 1.165) is 43.0 Å². The molecule has 0 aliphatic carbocycles. The molecule has 4 heterocycles. The molecule has 9 heteroatoms. The fourth-order valence-corrected chi connectivity index (χ4v) is 4.55. The monoisotopic (exact) mass is 462 g/mol.